The molecule has 0 unspecified atom stereocenters. The highest BCUT2D eigenvalue weighted by atomic mass is 15.1. The van der Waals surface area contributed by atoms with Crippen LogP contribution in [0.3, 0.4) is 0 Å². The molecule has 3 nitrogen and oxygen atoms in total. The van der Waals surface area contributed by atoms with Crippen molar-refractivity contribution in [3.8, 4) is 0 Å². The zero-order chi connectivity index (χ0) is 10.6. The van der Waals surface area contributed by atoms with Crippen molar-refractivity contribution in [3.63, 3.8) is 0 Å². The maximum Gasteiger partial charge on any atom is 0.200 e. The summed E-state index contributed by atoms with van der Waals surface area (Å²) in [6.45, 7) is 4.25. The number of hydrogen-bond donors (Lipinski definition) is 1. The molecule has 76 valence electrons. The maximum atomic E-state index is 5.60. The van der Waals surface area contributed by atoms with Crippen LogP contribution in [0.5, 0.6) is 0 Å². The van der Waals surface area contributed by atoms with Gasteiger partial charge in [0.1, 0.15) is 0 Å². The summed E-state index contributed by atoms with van der Waals surface area (Å²) in [7, 11) is 1.91. The molecule has 0 aliphatic carbocycles. The fourth-order valence-electron chi connectivity index (χ4n) is 1.16. The number of hydrogen-bond acceptors (Lipinski definition) is 2. The number of imidazole rings is 1. The first-order chi connectivity index (χ1) is 6.70. The summed E-state index contributed by atoms with van der Waals surface area (Å²) in [6, 6.07) is 7.88. The SMILES string of the molecule is CCC.Cn1c(N)nc2ccccc21. The Hall–Kier alpha value is -1.51. The second kappa shape index (κ2) is 4.65. The van der Waals surface area contributed by atoms with Crippen LogP contribution in [0.1, 0.15) is 20.3 Å². The molecular formula is C11H17N3. The Morgan fingerprint density at radius 1 is 1.29 bits per heavy atom. The van der Waals surface area contributed by atoms with Crippen molar-refractivity contribution in [2.24, 2.45) is 7.05 Å². The van der Waals surface area contributed by atoms with E-state index in [2.05, 4.69) is 18.8 Å². The van der Waals surface area contributed by atoms with E-state index in [0.717, 1.165) is 11.0 Å². The number of nitrogen functional groups attached to an aromatic ring is 1. The number of aromatic nitrogens is 2. The minimum atomic E-state index is 0.561. The number of fused-ring (bicyclic) bond motifs is 1. The second-order valence-electron chi connectivity index (χ2n) is 3.22. The topological polar surface area (TPSA) is 43.8 Å². The first kappa shape index (κ1) is 10.6. The first-order valence-corrected chi connectivity index (χ1v) is 4.87. The highest BCUT2D eigenvalue weighted by molar-refractivity contribution is 5.77. The molecule has 0 aliphatic heterocycles. The fraction of sp³-hybridized carbons (Fsp3) is 0.364. The van der Waals surface area contributed by atoms with Crippen molar-refractivity contribution in [2.75, 3.05) is 5.73 Å². The van der Waals surface area contributed by atoms with E-state index in [4.69, 9.17) is 5.73 Å². The lowest BCUT2D eigenvalue weighted by molar-refractivity contribution is 0.965. The number of nitrogens with zero attached hydrogens (tertiary/aromatic N) is 2. The van der Waals surface area contributed by atoms with Gasteiger partial charge < -0.3 is 10.3 Å². The number of benzene rings is 1. The van der Waals surface area contributed by atoms with Crippen molar-refractivity contribution in [1.82, 2.24) is 9.55 Å². The van der Waals surface area contributed by atoms with Gasteiger partial charge in [0.2, 0.25) is 5.95 Å². The van der Waals surface area contributed by atoms with Crippen molar-refractivity contribution >= 4 is 17.0 Å². The lowest BCUT2D eigenvalue weighted by Crippen LogP contribution is -1.95. The van der Waals surface area contributed by atoms with Crippen LogP contribution in [0.15, 0.2) is 24.3 Å². The smallest absolute Gasteiger partial charge is 0.200 e. The summed E-state index contributed by atoms with van der Waals surface area (Å²) >= 11 is 0. The summed E-state index contributed by atoms with van der Waals surface area (Å²) in [5.74, 6) is 0.561. The maximum absolute atomic E-state index is 5.60. The Labute approximate surface area is 84.6 Å². The number of rotatable bonds is 0. The molecule has 0 aliphatic rings. The molecule has 0 radical (unpaired) electrons. The van der Waals surface area contributed by atoms with Crippen LogP contribution in [0.25, 0.3) is 11.0 Å². The van der Waals surface area contributed by atoms with Gasteiger partial charge in [-0.3, -0.25) is 0 Å². The molecule has 0 saturated heterocycles. The van der Waals surface area contributed by atoms with Crippen LogP contribution < -0.4 is 5.73 Å². The predicted molar refractivity (Wildman–Crippen MR) is 61.1 cm³/mol. The quantitative estimate of drug-likeness (QED) is 0.695. The molecule has 3 heteroatoms. The van der Waals surface area contributed by atoms with Crippen molar-refractivity contribution in [3.05, 3.63) is 24.3 Å². The highest BCUT2D eigenvalue weighted by Gasteiger charge is 2.00. The third-order valence-corrected chi connectivity index (χ3v) is 1.82. The Morgan fingerprint density at radius 3 is 2.43 bits per heavy atom. The Balaban J connectivity index is 0.000000293. The largest absolute Gasteiger partial charge is 0.369 e. The summed E-state index contributed by atoms with van der Waals surface area (Å²) in [5, 5.41) is 0. The molecule has 2 aromatic rings. The Morgan fingerprint density at radius 2 is 1.86 bits per heavy atom. The summed E-state index contributed by atoms with van der Waals surface area (Å²) in [4.78, 5) is 4.15. The number of aryl methyl sites for hydroxylation is 1. The van der Waals surface area contributed by atoms with Crippen molar-refractivity contribution in [1.29, 1.82) is 0 Å². The second-order valence-corrected chi connectivity index (χ2v) is 3.22. The van der Waals surface area contributed by atoms with E-state index in [-0.39, 0.29) is 0 Å². The van der Waals surface area contributed by atoms with E-state index >= 15 is 0 Å². The van der Waals surface area contributed by atoms with Gasteiger partial charge in [0.15, 0.2) is 0 Å². The van der Waals surface area contributed by atoms with Gasteiger partial charge in [-0.25, -0.2) is 4.98 Å². The molecule has 14 heavy (non-hydrogen) atoms. The van der Waals surface area contributed by atoms with Crippen LogP contribution in [0.2, 0.25) is 0 Å². The van der Waals surface area contributed by atoms with Gasteiger partial charge >= 0.3 is 0 Å². The lowest BCUT2D eigenvalue weighted by Gasteiger charge is -1.93. The number of para-hydroxylation sites is 2. The predicted octanol–water partition coefficient (Wildman–Crippen LogP) is 2.57. The van der Waals surface area contributed by atoms with Gasteiger partial charge in [-0.05, 0) is 12.1 Å². The minimum absolute atomic E-state index is 0.561. The van der Waals surface area contributed by atoms with Gasteiger partial charge in [-0.1, -0.05) is 32.4 Å². The normalized spacial score (nSPS) is 9.64. The van der Waals surface area contributed by atoms with E-state index in [1.54, 1.807) is 0 Å². The van der Waals surface area contributed by atoms with Gasteiger partial charge in [-0.15, -0.1) is 0 Å². The standard InChI is InChI=1S/C8H9N3.C3H8/c1-11-7-5-3-2-4-6(7)10-8(11)9;1-3-2/h2-5H,1H3,(H2,9,10);3H2,1-2H3. The minimum Gasteiger partial charge on any atom is -0.369 e. The highest BCUT2D eigenvalue weighted by Crippen LogP contribution is 2.14. The van der Waals surface area contributed by atoms with Crippen LogP contribution in [0, 0.1) is 0 Å². The lowest BCUT2D eigenvalue weighted by atomic mass is 10.3. The molecule has 1 aromatic heterocycles. The molecule has 0 atom stereocenters. The van der Waals surface area contributed by atoms with Crippen LogP contribution in [0.4, 0.5) is 5.95 Å². The van der Waals surface area contributed by atoms with Crippen LogP contribution in [-0.2, 0) is 7.05 Å². The molecule has 1 heterocycles. The van der Waals surface area contributed by atoms with E-state index in [0.29, 0.717) is 5.95 Å². The van der Waals surface area contributed by atoms with Gasteiger partial charge in [0.25, 0.3) is 0 Å². The fourth-order valence-corrected chi connectivity index (χ4v) is 1.16. The summed E-state index contributed by atoms with van der Waals surface area (Å²) in [6.07, 6.45) is 1.25. The molecule has 0 amide bonds. The first-order valence-electron chi connectivity index (χ1n) is 4.87. The van der Waals surface area contributed by atoms with Crippen LogP contribution in [-0.4, -0.2) is 9.55 Å². The molecular weight excluding hydrogens is 174 g/mol. The van der Waals surface area contributed by atoms with Gasteiger partial charge in [0, 0.05) is 7.05 Å². The molecule has 0 bridgehead atoms. The molecule has 2 N–H and O–H groups in total. The molecule has 2 rings (SSSR count). The average Bonchev–Trinajstić information content (AvgIpc) is 2.45. The summed E-state index contributed by atoms with van der Waals surface area (Å²) in [5.41, 5.74) is 7.63. The number of anilines is 1. The van der Waals surface area contributed by atoms with Crippen molar-refractivity contribution in [2.45, 2.75) is 20.3 Å². The molecule has 0 fully saturated rings. The van der Waals surface area contributed by atoms with Crippen molar-refractivity contribution < 1.29 is 0 Å². The van der Waals surface area contributed by atoms with Crippen LogP contribution >= 0.6 is 0 Å². The van der Waals surface area contributed by atoms with Gasteiger partial charge in [-0.2, -0.15) is 0 Å². The third-order valence-electron chi connectivity index (χ3n) is 1.82. The number of nitrogens with two attached hydrogens (primary N) is 1. The molecule has 1 aromatic carbocycles. The monoisotopic (exact) mass is 191 g/mol. The molecule has 0 spiro atoms. The molecule has 0 saturated carbocycles. The average molecular weight is 191 g/mol. The third kappa shape index (κ3) is 2.05. The van der Waals surface area contributed by atoms with E-state index in [9.17, 15) is 0 Å². The van der Waals surface area contributed by atoms with E-state index < -0.39 is 0 Å². The zero-order valence-electron chi connectivity index (χ0n) is 8.99. The zero-order valence-corrected chi connectivity index (χ0v) is 8.99. The van der Waals surface area contributed by atoms with E-state index in [1.807, 2.05) is 35.9 Å². The van der Waals surface area contributed by atoms with E-state index in [1.165, 1.54) is 6.42 Å². The van der Waals surface area contributed by atoms with Gasteiger partial charge in [0.05, 0.1) is 11.0 Å². The summed E-state index contributed by atoms with van der Waals surface area (Å²) < 4.78 is 1.87. The Kier molecular flexibility index (Phi) is 3.51. The Bertz CT molecular complexity index is 404.